The number of aryl methyl sites for hydroxylation is 1. The van der Waals surface area contributed by atoms with Crippen LogP contribution in [0.25, 0.3) is 0 Å². The van der Waals surface area contributed by atoms with Gasteiger partial charge in [-0.2, -0.15) is 0 Å². The van der Waals surface area contributed by atoms with Crippen LogP contribution in [0, 0.1) is 0 Å². The van der Waals surface area contributed by atoms with Gasteiger partial charge in [-0.05, 0) is 18.6 Å². The van der Waals surface area contributed by atoms with Crippen LogP contribution in [0.1, 0.15) is 29.5 Å². The third-order valence-electron chi connectivity index (χ3n) is 2.99. The van der Waals surface area contributed by atoms with Gasteiger partial charge in [0.15, 0.2) is 5.78 Å². The molecule has 2 rings (SSSR count). The molecule has 0 unspecified atom stereocenters. The molecular formula is C15H18N2O2. The van der Waals surface area contributed by atoms with E-state index in [0.717, 1.165) is 18.8 Å². The molecule has 0 saturated heterocycles. The molecule has 1 aromatic heterocycles. The van der Waals surface area contributed by atoms with Gasteiger partial charge in [0.1, 0.15) is 11.6 Å². The van der Waals surface area contributed by atoms with Crippen LogP contribution in [0.15, 0.2) is 36.7 Å². The summed E-state index contributed by atoms with van der Waals surface area (Å²) in [5.74, 6) is 1.44. The summed E-state index contributed by atoms with van der Waals surface area (Å²) in [4.78, 5) is 16.6. The molecule has 4 heteroatoms. The second-order valence-electron chi connectivity index (χ2n) is 4.34. The molecule has 0 spiro atoms. The zero-order chi connectivity index (χ0) is 13.7. The van der Waals surface area contributed by atoms with Crippen molar-refractivity contribution in [1.29, 1.82) is 0 Å². The smallest absolute Gasteiger partial charge is 0.174 e. The molecule has 19 heavy (non-hydrogen) atoms. The van der Waals surface area contributed by atoms with Gasteiger partial charge in [0.05, 0.1) is 19.1 Å². The average molecular weight is 258 g/mol. The first-order valence-corrected chi connectivity index (χ1v) is 6.42. The molecule has 0 atom stereocenters. The van der Waals surface area contributed by atoms with Gasteiger partial charge in [-0.15, -0.1) is 0 Å². The number of aromatic nitrogens is 2. The van der Waals surface area contributed by atoms with E-state index in [1.807, 2.05) is 22.9 Å². The number of ketones is 1. The van der Waals surface area contributed by atoms with Gasteiger partial charge in [0.25, 0.3) is 0 Å². The Balaban J connectivity index is 2.18. The molecule has 0 aliphatic rings. The molecule has 0 amide bonds. The van der Waals surface area contributed by atoms with Crippen LogP contribution in [0.3, 0.4) is 0 Å². The molecule has 1 heterocycles. The molecule has 0 N–H and O–H groups in total. The van der Waals surface area contributed by atoms with Gasteiger partial charge in [-0.25, -0.2) is 4.98 Å². The van der Waals surface area contributed by atoms with E-state index in [4.69, 9.17) is 4.74 Å². The van der Waals surface area contributed by atoms with Crippen LogP contribution >= 0.6 is 0 Å². The average Bonchev–Trinajstić information content (AvgIpc) is 2.86. The quantitative estimate of drug-likeness (QED) is 0.748. The SMILES string of the molecule is CCCn1ccnc1CC(=O)c1ccccc1OC. The van der Waals surface area contributed by atoms with Gasteiger partial charge in [0, 0.05) is 18.9 Å². The van der Waals surface area contributed by atoms with Crippen molar-refractivity contribution in [2.24, 2.45) is 0 Å². The molecule has 0 bridgehead atoms. The van der Waals surface area contributed by atoms with Crippen molar-refractivity contribution in [1.82, 2.24) is 9.55 Å². The van der Waals surface area contributed by atoms with Crippen LogP contribution in [0.5, 0.6) is 5.75 Å². The number of benzene rings is 1. The lowest BCUT2D eigenvalue weighted by atomic mass is 10.1. The fourth-order valence-electron chi connectivity index (χ4n) is 2.07. The van der Waals surface area contributed by atoms with E-state index in [1.54, 1.807) is 25.4 Å². The van der Waals surface area contributed by atoms with E-state index in [-0.39, 0.29) is 5.78 Å². The molecule has 0 radical (unpaired) electrons. The summed E-state index contributed by atoms with van der Waals surface area (Å²) in [5, 5.41) is 0. The Hall–Kier alpha value is -2.10. The van der Waals surface area contributed by atoms with Crippen LogP contribution < -0.4 is 4.74 Å². The van der Waals surface area contributed by atoms with Gasteiger partial charge in [0.2, 0.25) is 0 Å². The Morgan fingerprint density at radius 1 is 1.37 bits per heavy atom. The Morgan fingerprint density at radius 3 is 2.89 bits per heavy atom. The van der Waals surface area contributed by atoms with Crippen molar-refractivity contribution in [2.45, 2.75) is 26.3 Å². The second kappa shape index (κ2) is 6.18. The highest BCUT2D eigenvalue weighted by atomic mass is 16.5. The summed E-state index contributed by atoms with van der Waals surface area (Å²) < 4.78 is 7.24. The normalized spacial score (nSPS) is 10.4. The van der Waals surface area contributed by atoms with Gasteiger partial charge in [-0.1, -0.05) is 19.1 Å². The highest BCUT2D eigenvalue weighted by molar-refractivity contribution is 5.99. The highest BCUT2D eigenvalue weighted by Gasteiger charge is 2.14. The maximum atomic E-state index is 12.3. The lowest BCUT2D eigenvalue weighted by Crippen LogP contribution is -2.11. The summed E-state index contributed by atoms with van der Waals surface area (Å²) >= 11 is 0. The van der Waals surface area contributed by atoms with E-state index < -0.39 is 0 Å². The monoisotopic (exact) mass is 258 g/mol. The largest absolute Gasteiger partial charge is 0.496 e. The van der Waals surface area contributed by atoms with Crippen molar-refractivity contribution in [3.05, 3.63) is 48.0 Å². The zero-order valence-electron chi connectivity index (χ0n) is 11.3. The zero-order valence-corrected chi connectivity index (χ0v) is 11.3. The number of hydrogen-bond donors (Lipinski definition) is 0. The number of imidazole rings is 1. The van der Waals surface area contributed by atoms with Crippen molar-refractivity contribution in [3.63, 3.8) is 0 Å². The minimum absolute atomic E-state index is 0.0287. The van der Waals surface area contributed by atoms with Gasteiger partial charge in [-0.3, -0.25) is 4.79 Å². The molecule has 0 fully saturated rings. The number of nitrogens with zero attached hydrogens (tertiary/aromatic N) is 2. The number of hydrogen-bond acceptors (Lipinski definition) is 3. The molecule has 100 valence electrons. The number of carbonyl (C=O) groups is 1. The summed E-state index contributed by atoms with van der Waals surface area (Å²) in [6.07, 6.45) is 4.97. The van der Waals surface area contributed by atoms with E-state index >= 15 is 0 Å². The molecule has 0 aliphatic carbocycles. The van der Waals surface area contributed by atoms with Crippen molar-refractivity contribution in [2.75, 3.05) is 7.11 Å². The predicted octanol–water partition coefficient (Wildman–Crippen LogP) is 2.73. The number of carbonyl (C=O) groups excluding carboxylic acids is 1. The number of ether oxygens (including phenoxy) is 1. The summed E-state index contributed by atoms with van der Waals surface area (Å²) in [6.45, 7) is 2.99. The number of methoxy groups -OCH3 is 1. The standard InChI is InChI=1S/C15H18N2O2/c1-3-9-17-10-8-16-15(17)11-13(18)12-6-4-5-7-14(12)19-2/h4-8,10H,3,9,11H2,1-2H3. The Bertz CT molecular complexity index is 561. The summed E-state index contributed by atoms with van der Waals surface area (Å²) in [7, 11) is 1.57. The maximum absolute atomic E-state index is 12.3. The van der Waals surface area contributed by atoms with Crippen LogP contribution in [0.2, 0.25) is 0 Å². The Labute approximate surface area is 113 Å². The van der Waals surface area contributed by atoms with Crippen LogP contribution in [-0.2, 0) is 13.0 Å². The second-order valence-corrected chi connectivity index (χ2v) is 4.34. The third-order valence-corrected chi connectivity index (χ3v) is 2.99. The van der Waals surface area contributed by atoms with E-state index in [9.17, 15) is 4.79 Å². The third kappa shape index (κ3) is 3.02. The van der Waals surface area contributed by atoms with Gasteiger partial charge >= 0.3 is 0 Å². The highest BCUT2D eigenvalue weighted by Crippen LogP contribution is 2.19. The van der Waals surface area contributed by atoms with Crippen molar-refractivity contribution >= 4 is 5.78 Å². The molecule has 0 saturated carbocycles. The Morgan fingerprint density at radius 2 is 2.16 bits per heavy atom. The molecular weight excluding hydrogens is 240 g/mol. The van der Waals surface area contributed by atoms with Crippen molar-refractivity contribution < 1.29 is 9.53 Å². The fraction of sp³-hybridized carbons (Fsp3) is 0.333. The summed E-state index contributed by atoms with van der Waals surface area (Å²) in [6, 6.07) is 7.28. The first kappa shape index (κ1) is 13.3. The lowest BCUT2D eigenvalue weighted by molar-refractivity contribution is 0.0986. The molecule has 2 aromatic rings. The lowest BCUT2D eigenvalue weighted by Gasteiger charge is -2.08. The van der Waals surface area contributed by atoms with Crippen LogP contribution in [0.4, 0.5) is 0 Å². The number of rotatable bonds is 6. The number of Topliss-reactive ketones (excluding diaryl/α,β-unsaturated/α-hetero) is 1. The topological polar surface area (TPSA) is 44.1 Å². The van der Waals surface area contributed by atoms with Crippen molar-refractivity contribution in [3.8, 4) is 5.75 Å². The molecule has 1 aromatic carbocycles. The minimum Gasteiger partial charge on any atom is -0.496 e. The minimum atomic E-state index is 0.0287. The summed E-state index contributed by atoms with van der Waals surface area (Å²) in [5.41, 5.74) is 0.607. The molecule has 4 nitrogen and oxygen atoms in total. The fourth-order valence-corrected chi connectivity index (χ4v) is 2.07. The maximum Gasteiger partial charge on any atom is 0.174 e. The van der Waals surface area contributed by atoms with E-state index in [2.05, 4.69) is 11.9 Å². The van der Waals surface area contributed by atoms with Gasteiger partial charge < -0.3 is 9.30 Å². The van der Waals surface area contributed by atoms with E-state index in [0.29, 0.717) is 17.7 Å². The predicted molar refractivity (Wildman–Crippen MR) is 73.5 cm³/mol. The first-order chi connectivity index (χ1) is 9.26. The Kier molecular flexibility index (Phi) is 4.34. The van der Waals surface area contributed by atoms with Crippen LogP contribution in [-0.4, -0.2) is 22.4 Å². The van der Waals surface area contributed by atoms with E-state index in [1.165, 1.54) is 0 Å². The molecule has 0 aliphatic heterocycles. The number of para-hydroxylation sites is 1. The first-order valence-electron chi connectivity index (χ1n) is 6.42.